The van der Waals surface area contributed by atoms with Gasteiger partial charge in [-0.1, -0.05) is 0 Å². The minimum atomic E-state index is -1.54. The number of aliphatic hydroxyl groups is 1. The molecule has 1 aliphatic carbocycles. The average Bonchev–Trinajstić information content (AvgIpc) is 3.06. The first-order chi connectivity index (χ1) is 14.6. The fraction of sp³-hybridized carbons (Fsp3) is 0.455. The van der Waals surface area contributed by atoms with Crippen molar-refractivity contribution in [2.45, 2.75) is 64.3 Å². The van der Waals surface area contributed by atoms with E-state index in [1.807, 2.05) is 13.0 Å². The number of rotatable bonds is 7. The van der Waals surface area contributed by atoms with Crippen LogP contribution in [0.25, 0.3) is 17.0 Å². The quantitative estimate of drug-likeness (QED) is 0.535. The molecule has 3 heterocycles. The zero-order valence-electron chi connectivity index (χ0n) is 17.9. The lowest BCUT2D eigenvalue weighted by molar-refractivity contribution is -0.00298. The standard InChI is InChI=1S/C22H27FN6O2/c1-12-7-18-25-11-16(29(18)26-10-12)20-19(21(24)30)15(27-13-5-4-6-13)8-14(28-20)9-17(23)22(2,3)31/h7-8,10-11,13,17,31H,4-6,9H2,1-3H3,(H2,24,30)(H,27,28)/t17-/m1/s1. The Labute approximate surface area is 179 Å². The van der Waals surface area contributed by atoms with E-state index in [1.54, 1.807) is 23.0 Å². The van der Waals surface area contributed by atoms with E-state index in [1.165, 1.54) is 13.8 Å². The molecule has 0 aliphatic heterocycles. The summed E-state index contributed by atoms with van der Waals surface area (Å²) in [6.07, 6.45) is 4.69. The predicted molar refractivity (Wildman–Crippen MR) is 116 cm³/mol. The summed E-state index contributed by atoms with van der Waals surface area (Å²) in [5.41, 5.74) is 7.70. The van der Waals surface area contributed by atoms with Gasteiger partial charge in [-0.3, -0.25) is 9.78 Å². The van der Waals surface area contributed by atoms with Crippen molar-refractivity contribution in [3.05, 3.63) is 41.3 Å². The molecule has 0 bridgehead atoms. The van der Waals surface area contributed by atoms with Crippen LogP contribution in [0.15, 0.2) is 24.5 Å². The Hall–Kier alpha value is -3.07. The van der Waals surface area contributed by atoms with Crippen LogP contribution < -0.4 is 11.1 Å². The van der Waals surface area contributed by atoms with Crippen LogP contribution in [0.4, 0.5) is 10.1 Å². The molecule has 31 heavy (non-hydrogen) atoms. The van der Waals surface area contributed by atoms with E-state index in [4.69, 9.17) is 5.73 Å². The maximum Gasteiger partial charge on any atom is 0.253 e. The molecule has 164 valence electrons. The van der Waals surface area contributed by atoms with Crippen molar-refractivity contribution in [2.75, 3.05) is 5.32 Å². The number of amides is 1. The molecule has 0 spiro atoms. The molecule has 1 saturated carbocycles. The molecule has 9 heteroatoms. The number of carbonyl (C=O) groups excluding carboxylic acids is 1. The predicted octanol–water partition coefficient (Wildman–Crippen LogP) is 2.81. The monoisotopic (exact) mass is 426 g/mol. The van der Waals surface area contributed by atoms with Crippen molar-refractivity contribution < 1.29 is 14.3 Å². The summed E-state index contributed by atoms with van der Waals surface area (Å²) in [7, 11) is 0. The zero-order valence-corrected chi connectivity index (χ0v) is 17.9. The van der Waals surface area contributed by atoms with Gasteiger partial charge in [0, 0.05) is 18.2 Å². The van der Waals surface area contributed by atoms with E-state index in [9.17, 15) is 14.3 Å². The normalized spacial score (nSPS) is 15.6. The lowest BCUT2D eigenvalue weighted by Crippen LogP contribution is -2.34. The topological polar surface area (TPSA) is 118 Å². The number of imidazole rings is 1. The van der Waals surface area contributed by atoms with Gasteiger partial charge in [-0.15, -0.1) is 0 Å². The number of primary amides is 1. The van der Waals surface area contributed by atoms with Gasteiger partial charge in [0.1, 0.15) is 17.6 Å². The van der Waals surface area contributed by atoms with Crippen LogP contribution >= 0.6 is 0 Å². The third-order valence-corrected chi connectivity index (χ3v) is 5.68. The molecule has 1 aliphatic rings. The minimum Gasteiger partial charge on any atom is -0.387 e. The number of aromatic nitrogens is 4. The molecule has 8 nitrogen and oxygen atoms in total. The fourth-order valence-electron chi connectivity index (χ4n) is 3.59. The highest BCUT2D eigenvalue weighted by Gasteiger charge is 2.30. The molecule has 1 fully saturated rings. The molecular weight excluding hydrogens is 399 g/mol. The molecular formula is C22H27FN6O2. The number of alkyl halides is 1. The summed E-state index contributed by atoms with van der Waals surface area (Å²) in [5.74, 6) is -0.641. The van der Waals surface area contributed by atoms with Gasteiger partial charge in [0.2, 0.25) is 0 Å². The molecule has 0 radical (unpaired) electrons. The van der Waals surface area contributed by atoms with Gasteiger partial charge in [0.05, 0.1) is 29.2 Å². The van der Waals surface area contributed by atoms with Crippen LogP contribution in [0.3, 0.4) is 0 Å². The highest BCUT2D eigenvalue weighted by atomic mass is 19.1. The first-order valence-corrected chi connectivity index (χ1v) is 10.4. The highest BCUT2D eigenvalue weighted by Crippen LogP contribution is 2.33. The van der Waals surface area contributed by atoms with Crippen LogP contribution in [0.2, 0.25) is 0 Å². The number of nitrogens with one attached hydrogen (secondary N) is 1. The lowest BCUT2D eigenvalue weighted by atomic mass is 9.92. The van der Waals surface area contributed by atoms with E-state index < -0.39 is 17.7 Å². The molecule has 4 N–H and O–H groups in total. The Balaban J connectivity index is 1.88. The molecule has 0 unspecified atom stereocenters. The maximum atomic E-state index is 14.7. The van der Waals surface area contributed by atoms with Crippen molar-refractivity contribution in [3.63, 3.8) is 0 Å². The van der Waals surface area contributed by atoms with Crippen LogP contribution in [0, 0.1) is 6.92 Å². The van der Waals surface area contributed by atoms with E-state index in [0.29, 0.717) is 28.4 Å². The van der Waals surface area contributed by atoms with Crippen LogP contribution in [-0.4, -0.2) is 48.4 Å². The zero-order chi connectivity index (χ0) is 22.3. The summed E-state index contributed by atoms with van der Waals surface area (Å²) in [6.45, 7) is 4.74. The summed E-state index contributed by atoms with van der Waals surface area (Å²) in [4.78, 5) is 21.4. The SMILES string of the molecule is Cc1cnn2c(-c3nc(C[C@@H](F)C(C)(C)O)cc(NC4CCC4)c3C(N)=O)cnc2c1. The number of pyridine rings is 1. The van der Waals surface area contributed by atoms with Gasteiger partial charge in [0.25, 0.3) is 5.91 Å². The van der Waals surface area contributed by atoms with E-state index >= 15 is 0 Å². The highest BCUT2D eigenvalue weighted by molar-refractivity contribution is 6.04. The van der Waals surface area contributed by atoms with Gasteiger partial charge >= 0.3 is 0 Å². The van der Waals surface area contributed by atoms with Crippen molar-refractivity contribution in [1.82, 2.24) is 19.6 Å². The Kier molecular flexibility index (Phi) is 5.38. The maximum absolute atomic E-state index is 14.7. The van der Waals surface area contributed by atoms with Gasteiger partial charge < -0.3 is 16.2 Å². The molecule has 1 amide bonds. The number of nitrogens with zero attached hydrogens (tertiary/aromatic N) is 4. The Bertz CT molecular complexity index is 1130. The van der Waals surface area contributed by atoms with E-state index in [2.05, 4.69) is 20.4 Å². The molecule has 3 aromatic heterocycles. The number of carbonyl (C=O) groups is 1. The Morgan fingerprint density at radius 2 is 2.13 bits per heavy atom. The third kappa shape index (κ3) is 4.23. The average molecular weight is 426 g/mol. The summed E-state index contributed by atoms with van der Waals surface area (Å²) < 4.78 is 16.3. The summed E-state index contributed by atoms with van der Waals surface area (Å²) in [5, 5.41) is 17.8. The lowest BCUT2D eigenvalue weighted by Gasteiger charge is -2.29. The van der Waals surface area contributed by atoms with Gasteiger partial charge in [-0.25, -0.2) is 13.9 Å². The molecule has 4 rings (SSSR count). The second-order valence-corrected chi connectivity index (χ2v) is 8.79. The summed E-state index contributed by atoms with van der Waals surface area (Å²) >= 11 is 0. The van der Waals surface area contributed by atoms with Crippen molar-refractivity contribution >= 4 is 17.2 Å². The van der Waals surface area contributed by atoms with Gasteiger partial charge in [-0.2, -0.15) is 5.10 Å². The van der Waals surface area contributed by atoms with Gasteiger partial charge in [0.15, 0.2) is 5.65 Å². The number of aryl methyl sites for hydroxylation is 1. The largest absolute Gasteiger partial charge is 0.387 e. The second kappa shape index (κ2) is 7.88. The van der Waals surface area contributed by atoms with Crippen molar-refractivity contribution in [1.29, 1.82) is 0 Å². The smallest absolute Gasteiger partial charge is 0.253 e. The first-order valence-electron chi connectivity index (χ1n) is 10.4. The Morgan fingerprint density at radius 3 is 2.74 bits per heavy atom. The molecule has 3 aromatic rings. The fourth-order valence-corrected chi connectivity index (χ4v) is 3.59. The van der Waals surface area contributed by atoms with Crippen molar-refractivity contribution in [3.8, 4) is 11.4 Å². The minimum absolute atomic E-state index is 0.113. The Morgan fingerprint density at radius 1 is 1.39 bits per heavy atom. The summed E-state index contributed by atoms with van der Waals surface area (Å²) in [6, 6.07) is 3.74. The van der Waals surface area contributed by atoms with E-state index in [0.717, 1.165) is 24.8 Å². The molecule has 0 saturated heterocycles. The van der Waals surface area contributed by atoms with E-state index in [-0.39, 0.29) is 18.0 Å². The second-order valence-electron chi connectivity index (χ2n) is 8.79. The third-order valence-electron chi connectivity index (χ3n) is 5.68. The number of hydrogen-bond acceptors (Lipinski definition) is 6. The number of halogens is 1. The first kappa shape index (κ1) is 21.2. The van der Waals surface area contributed by atoms with Crippen molar-refractivity contribution in [2.24, 2.45) is 5.73 Å². The number of hydrogen-bond donors (Lipinski definition) is 3. The van der Waals surface area contributed by atoms with Crippen LogP contribution in [-0.2, 0) is 6.42 Å². The number of anilines is 1. The van der Waals surface area contributed by atoms with Crippen LogP contribution in [0.5, 0.6) is 0 Å². The molecule has 1 atom stereocenters. The van der Waals surface area contributed by atoms with Gasteiger partial charge in [-0.05, 0) is 57.7 Å². The number of nitrogens with two attached hydrogens (primary N) is 1. The number of fused-ring (bicyclic) bond motifs is 1. The van der Waals surface area contributed by atoms with Crippen LogP contribution in [0.1, 0.15) is 54.7 Å². The molecule has 0 aromatic carbocycles.